The molecule has 0 bridgehead atoms. The van der Waals surface area contributed by atoms with Gasteiger partial charge in [0.1, 0.15) is 17.0 Å². The van der Waals surface area contributed by atoms with Gasteiger partial charge in [-0.25, -0.2) is 8.78 Å². The molecular weight excluding hydrogens is 476 g/mol. The number of rotatable bonds is 7. The van der Waals surface area contributed by atoms with E-state index in [0.717, 1.165) is 37.7 Å². The molecule has 4 nitrogen and oxygen atoms in total. The Hall–Kier alpha value is -2.22. The molecule has 0 N–H and O–H groups in total. The summed E-state index contributed by atoms with van der Waals surface area (Å²) in [5.41, 5.74) is 1.43. The van der Waals surface area contributed by atoms with Crippen LogP contribution in [0.1, 0.15) is 55.0 Å². The van der Waals surface area contributed by atoms with Crippen molar-refractivity contribution in [3.63, 3.8) is 0 Å². The van der Waals surface area contributed by atoms with Gasteiger partial charge in [0.15, 0.2) is 0 Å². The van der Waals surface area contributed by atoms with E-state index in [1.165, 1.54) is 81.2 Å². The molecule has 1 atom stereocenters. The highest BCUT2D eigenvalue weighted by atomic mass is 32.2. The van der Waals surface area contributed by atoms with E-state index in [4.69, 9.17) is 0 Å². The minimum Gasteiger partial charge on any atom is -0.322 e. The molecule has 0 saturated carbocycles. The summed E-state index contributed by atoms with van der Waals surface area (Å²) in [7, 11) is 0. The smallest absolute Gasteiger partial charge is 0.261 e. The third kappa shape index (κ3) is 6.18. The first-order chi connectivity index (χ1) is 17.6. The highest BCUT2D eigenvalue weighted by Crippen LogP contribution is 2.46. The van der Waals surface area contributed by atoms with E-state index in [1.54, 1.807) is 24.3 Å². The zero-order chi connectivity index (χ0) is 24.9. The van der Waals surface area contributed by atoms with Crippen molar-refractivity contribution in [1.29, 1.82) is 0 Å². The summed E-state index contributed by atoms with van der Waals surface area (Å²) in [5, 5.41) is -0.280. The fraction of sp³-hybridized carbons (Fsp3) is 0.483. The Kier molecular flexibility index (Phi) is 8.40. The third-order valence-electron chi connectivity index (χ3n) is 7.61. The zero-order valence-electron chi connectivity index (χ0n) is 20.8. The van der Waals surface area contributed by atoms with Gasteiger partial charge in [0, 0.05) is 12.6 Å². The summed E-state index contributed by atoms with van der Waals surface area (Å²) in [4.78, 5) is 21.0. The number of hydrogen-bond donors (Lipinski definition) is 0. The Labute approximate surface area is 217 Å². The van der Waals surface area contributed by atoms with Gasteiger partial charge in [-0.2, -0.15) is 0 Å². The van der Waals surface area contributed by atoms with E-state index in [-0.39, 0.29) is 22.9 Å². The van der Waals surface area contributed by atoms with Crippen LogP contribution in [0.5, 0.6) is 0 Å². The van der Waals surface area contributed by atoms with Gasteiger partial charge in [-0.15, -0.1) is 0 Å². The molecule has 36 heavy (non-hydrogen) atoms. The number of amides is 1. The lowest BCUT2D eigenvalue weighted by Gasteiger charge is -2.40. The number of carbonyl (C=O) groups excluding carboxylic acids is 1. The van der Waals surface area contributed by atoms with Gasteiger partial charge in [-0.05, 0) is 106 Å². The maximum absolute atomic E-state index is 14.0. The maximum Gasteiger partial charge on any atom is 0.261 e. The van der Waals surface area contributed by atoms with Crippen LogP contribution in [0.15, 0.2) is 53.4 Å². The predicted molar refractivity (Wildman–Crippen MR) is 142 cm³/mol. The Bertz CT molecular complexity index is 1080. The summed E-state index contributed by atoms with van der Waals surface area (Å²) >= 11 is 1.42. The number of hydrogen-bond acceptors (Lipinski definition) is 4. The molecule has 5 rings (SSSR count). The Morgan fingerprint density at radius 3 is 2.33 bits per heavy atom. The van der Waals surface area contributed by atoms with Crippen LogP contribution in [0.3, 0.4) is 0 Å². The predicted octanol–water partition coefficient (Wildman–Crippen LogP) is 5.92. The van der Waals surface area contributed by atoms with Crippen LogP contribution in [-0.2, 0) is 4.79 Å². The molecule has 7 heteroatoms. The van der Waals surface area contributed by atoms with Gasteiger partial charge < -0.3 is 14.7 Å². The van der Waals surface area contributed by atoms with Crippen molar-refractivity contribution < 1.29 is 13.6 Å². The lowest BCUT2D eigenvalue weighted by Crippen LogP contribution is -2.47. The lowest BCUT2D eigenvalue weighted by atomic mass is 10.00. The summed E-state index contributed by atoms with van der Waals surface area (Å²) < 4.78 is 27.7. The molecule has 0 spiro atoms. The van der Waals surface area contributed by atoms with Crippen LogP contribution in [0.4, 0.5) is 8.78 Å². The van der Waals surface area contributed by atoms with Crippen LogP contribution < -0.4 is 0 Å². The number of piperidine rings is 2. The van der Waals surface area contributed by atoms with E-state index < -0.39 is 0 Å². The number of halogens is 2. The maximum atomic E-state index is 14.0. The molecular formula is C29H35F2N3OS. The van der Waals surface area contributed by atoms with Gasteiger partial charge in [0.05, 0.1) is 4.91 Å². The minimum atomic E-state index is -0.331. The van der Waals surface area contributed by atoms with Crippen molar-refractivity contribution in [1.82, 2.24) is 14.7 Å². The van der Waals surface area contributed by atoms with Crippen LogP contribution in [0.25, 0.3) is 6.08 Å². The van der Waals surface area contributed by atoms with Crippen molar-refractivity contribution in [2.45, 2.75) is 49.9 Å². The Balaban J connectivity index is 1.22. The average molecular weight is 512 g/mol. The second kappa shape index (κ2) is 11.9. The fourth-order valence-electron chi connectivity index (χ4n) is 5.71. The van der Waals surface area contributed by atoms with Gasteiger partial charge in [-0.1, -0.05) is 42.4 Å². The largest absolute Gasteiger partial charge is 0.322 e. The quantitative estimate of drug-likeness (QED) is 0.431. The molecule has 1 unspecified atom stereocenters. The number of carbonyl (C=O) groups is 1. The van der Waals surface area contributed by atoms with Gasteiger partial charge in [-0.3, -0.25) is 4.79 Å². The van der Waals surface area contributed by atoms with Crippen LogP contribution in [0, 0.1) is 11.6 Å². The normalized spacial score (nSPS) is 23.6. The fourth-order valence-corrected chi connectivity index (χ4v) is 6.98. The molecule has 3 saturated heterocycles. The average Bonchev–Trinajstić information content (AvgIpc) is 3.20. The molecule has 3 aliphatic heterocycles. The van der Waals surface area contributed by atoms with Crippen molar-refractivity contribution in [2.75, 3.05) is 39.3 Å². The van der Waals surface area contributed by atoms with Gasteiger partial charge >= 0.3 is 0 Å². The van der Waals surface area contributed by atoms with Crippen molar-refractivity contribution in [2.24, 2.45) is 0 Å². The molecule has 3 aliphatic rings. The molecule has 0 aliphatic carbocycles. The van der Waals surface area contributed by atoms with Crippen molar-refractivity contribution in [3.8, 4) is 0 Å². The summed E-state index contributed by atoms with van der Waals surface area (Å²) in [5.74, 6) is -0.704. The van der Waals surface area contributed by atoms with Gasteiger partial charge in [0.2, 0.25) is 0 Å². The van der Waals surface area contributed by atoms with E-state index in [9.17, 15) is 13.6 Å². The van der Waals surface area contributed by atoms with Crippen LogP contribution >= 0.6 is 11.8 Å². The second-order valence-electron chi connectivity index (χ2n) is 10.1. The first-order valence-electron chi connectivity index (χ1n) is 13.2. The number of benzene rings is 2. The van der Waals surface area contributed by atoms with Crippen LogP contribution in [0.2, 0.25) is 0 Å². The summed E-state index contributed by atoms with van der Waals surface area (Å²) in [6.07, 6.45) is 9.12. The molecule has 2 aromatic rings. The highest BCUT2D eigenvalue weighted by molar-refractivity contribution is 8.04. The number of thioether (sulfide) groups is 1. The molecule has 0 aromatic heterocycles. The van der Waals surface area contributed by atoms with Gasteiger partial charge in [0.25, 0.3) is 5.91 Å². The first-order valence-corrected chi connectivity index (χ1v) is 14.1. The zero-order valence-corrected chi connectivity index (χ0v) is 21.6. The standard InChI is InChI=1S/C29H35F2N3OS/c30-24-9-4-7-22(19-24)20-27-28(35)34(29(36-27)23-8-5-10-25(31)21-23)16-6-13-32-17-11-26(12-18-32)33-14-2-1-3-15-33/h4-5,7-10,19-21,26,29H,1-3,6,11-18H2. The summed E-state index contributed by atoms with van der Waals surface area (Å²) in [6, 6.07) is 13.5. The Morgan fingerprint density at radius 2 is 1.61 bits per heavy atom. The summed E-state index contributed by atoms with van der Waals surface area (Å²) in [6.45, 7) is 6.31. The third-order valence-corrected chi connectivity index (χ3v) is 8.91. The number of nitrogens with zero attached hydrogens (tertiary/aromatic N) is 3. The molecule has 1 amide bonds. The molecule has 192 valence electrons. The molecule has 3 heterocycles. The molecule has 3 fully saturated rings. The highest BCUT2D eigenvalue weighted by Gasteiger charge is 2.37. The molecule has 2 aromatic carbocycles. The SMILES string of the molecule is O=C1C(=Cc2cccc(F)c2)SC(c2cccc(F)c2)N1CCCN1CCC(N2CCCCC2)CC1. The minimum absolute atomic E-state index is 0.0673. The second-order valence-corrected chi connectivity index (χ2v) is 11.2. The lowest BCUT2D eigenvalue weighted by molar-refractivity contribution is -0.126. The van der Waals surface area contributed by atoms with E-state index in [0.29, 0.717) is 17.0 Å². The van der Waals surface area contributed by atoms with Crippen molar-refractivity contribution in [3.05, 3.63) is 76.2 Å². The topological polar surface area (TPSA) is 26.8 Å². The van der Waals surface area contributed by atoms with E-state index >= 15 is 0 Å². The van der Waals surface area contributed by atoms with E-state index in [2.05, 4.69) is 9.80 Å². The Morgan fingerprint density at radius 1 is 0.889 bits per heavy atom. The monoisotopic (exact) mass is 511 g/mol. The molecule has 0 radical (unpaired) electrons. The van der Waals surface area contributed by atoms with Crippen LogP contribution in [-0.4, -0.2) is 65.9 Å². The van der Waals surface area contributed by atoms with E-state index in [1.807, 2.05) is 11.0 Å². The number of likely N-dealkylation sites (tertiary alicyclic amines) is 2. The van der Waals surface area contributed by atoms with Crippen molar-refractivity contribution >= 4 is 23.7 Å². The first kappa shape index (κ1) is 25.4.